The van der Waals surface area contributed by atoms with Crippen LogP contribution in [0.5, 0.6) is 0 Å². The number of hydrogen-bond donors (Lipinski definition) is 0. The summed E-state index contributed by atoms with van der Waals surface area (Å²) in [6.07, 6.45) is -1.20. The van der Waals surface area contributed by atoms with Gasteiger partial charge in [0.25, 0.3) is 0 Å². The topological polar surface area (TPSA) is 17.8 Å². The van der Waals surface area contributed by atoms with Crippen LogP contribution in [-0.4, -0.2) is 9.78 Å². The molecule has 1 aromatic heterocycles. The third-order valence-electron chi connectivity index (χ3n) is 1.25. The Labute approximate surface area is 57.5 Å². The van der Waals surface area contributed by atoms with Crippen molar-refractivity contribution in [1.82, 2.24) is 9.78 Å². The van der Waals surface area contributed by atoms with Crippen LogP contribution in [-0.2, 0) is 7.05 Å². The summed E-state index contributed by atoms with van der Waals surface area (Å²) in [6.45, 7) is 1.32. The molecule has 0 aliphatic rings. The van der Waals surface area contributed by atoms with Crippen LogP contribution in [0, 0.1) is 5.95 Å². The summed E-state index contributed by atoms with van der Waals surface area (Å²) in [6, 6.07) is 1.09. The van der Waals surface area contributed by atoms with Gasteiger partial charge in [-0.25, -0.2) is 9.07 Å². The van der Waals surface area contributed by atoms with Gasteiger partial charge in [-0.15, -0.1) is 0 Å². The lowest BCUT2D eigenvalue weighted by Gasteiger charge is -1.91. The summed E-state index contributed by atoms with van der Waals surface area (Å²) >= 11 is 0. The fourth-order valence-electron chi connectivity index (χ4n) is 0.660. The lowest BCUT2D eigenvalue weighted by atomic mass is 10.3. The molecule has 0 spiro atoms. The maximum Gasteiger partial charge on any atom is 0.211 e. The maximum absolute atomic E-state index is 12.4. The second-order valence-corrected chi connectivity index (χ2v) is 2.13. The number of nitrogens with zero attached hydrogens (tertiary/aromatic N) is 2. The minimum absolute atomic E-state index is 0.139. The Morgan fingerprint density at radius 3 is 2.50 bits per heavy atom. The number of halogens is 2. The van der Waals surface area contributed by atoms with Gasteiger partial charge in [0.15, 0.2) is 0 Å². The molecule has 0 fully saturated rings. The molecular weight excluding hydrogens is 138 g/mol. The molecule has 1 heterocycles. The van der Waals surface area contributed by atoms with Crippen molar-refractivity contribution in [3.63, 3.8) is 0 Å². The zero-order chi connectivity index (χ0) is 7.72. The van der Waals surface area contributed by atoms with Crippen molar-refractivity contribution in [2.75, 3.05) is 0 Å². The van der Waals surface area contributed by atoms with E-state index in [0.717, 1.165) is 10.7 Å². The number of aryl methyl sites for hydroxylation is 1. The first-order valence-electron chi connectivity index (χ1n) is 2.95. The second kappa shape index (κ2) is 2.36. The van der Waals surface area contributed by atoms with Crippen molar-refractivity contribution in [3.05, 3.63) is 17.7 Å². The highest BCUT2D eigenvalue weighted by Gasteiger charge is 2.09. The van der Waals surface area contributed by atoms with E-state index in [2.05, 4.69) is 5.10 Å². The summed E-state index contributed by atoms with van der Waals surface area (Å²) in [4.78, 5) is 0. The quantitative estimate of drug-likeness (QED) is 0.588. The third-order valence-corrected chi connectivity index (χ3v) is 1.25. The molecule has 0 N–H and O–H groups in total. The van der Waals surface area contributed by atoms with E-state index >= 15 is 0 Å². The Kier molecular flexibility index (Phi) is 1.70. The molecule has 0 aromatic carbocycles. The molecule has 0 aliphatic carbocycles. The molecule has 0 aliphatic heterocycles. The first-order chi connectivity index (χ1) is 4.61. The van der Waals surface area contributed by atoms with Gasteiger partial charge in [-0.3, -0.25) is 0 Å². The molecule has 0 radical (unpaired) electrons. The first kappa shape index (κ1) is 7.18. The average molecular weight is 146 g/mol. The Morgan fingerprint density at radius 2 is 2.30 bits per heavy atom. The van der Waals surface area contributed by atoms with Crippen molar-refractivity contribution in [3.8, 4) is 0 Å². The van der Waals surface area contributed by atoms with Crippen LogP contribution in [0.2, 0.25) is 0 Å². The second-order valence-electron chi connectivity index (χ2n) is 2.13. The number of hydrogen-bond acceptors (Lipinski definition) is 1. The zero-order valence-electron chi connectivity index (χ0n) is 5.81. The highest BCUT2D eigenvalue weighted by atomic mass is 19.1. The molecule has 2 nitrogen and oxygen atoms in total. The maximum atomic E-state index is 12.4. The summed E-state index contributed by atoms with van der Waals surface area (Å²) in [5, 5.41) is 3.58. The lowest BCUT2D eigenvalue weighted by molar-refractivity contribution is 0.363. The van der Waals surface area contributed by atoms with Gasteiger partial charge in [0, 0.05) is 13.1 Å². The SMILES string of the molecule is CC(F)c1cc(F)n(C)n1. The minimum atomic E-state index is -1.20. The van der Waals surface area contributed by atoms with Gasteiger partial charge in [-0.2, -0.15) is 9.49 Å². The van der Waals surface area contributed by atoms with E-state index < -0.39 is 12.1 Å². The Balaban J connectivity index is 2.98. The number of alkyl halides is 1. The standard InChI is InChI=1S/C6H8F2N2/c1-4(7)5-3-6(8)10(2)9-5/h3-4H,1-2H3. The largest absolute Gasteiger partial charge is 0.242 e. The Morgan fingerprint density at radius 1 is 1.70 bits per heavy atom. The fraction of sp³-hybridized carbons (Fsp3) is 0.500. The van der Waals surface area contributed by atoms with Gasteiger partial charge in [-0.05, 0) is 6.92 Å². The summed E-state index contributed by atoms with van der Waals surface area (Å²) < 4.78 is 25.8. The smallest absolute Gasteiger partial charge is 0.211 e. The van der Waals surface area contributed by atoms with Crippen LogP contribution >= 0.6 is 0 Å². The van der Waals surface area contributed by atoms with Crippen molar-refractivity contribution in [2.45, 2.75) is 13.1 Å². The van der Waals surface area contributed by atoms with Crippen LogP contribution in [0.15, 0.2) is 6.07 Å². The Hall–Kier alpha value is -0.930. The van der Waals surface area contributed by atoms with Crippen LogP contribution in [0.3, 0.4) is 0 Å². The van der Waals surface area contributed by atoms with Gasteiger partial charge in [0.2, 0.25) is 5.95 Å². The van der Waals surface area contributed by atoms with Gasteiger partial charge in [0.1, 0.15) is 6.17 Å². The van der Waals surface area contributed by atoms with E-state index in [0.29, 0.717) is 0 Å². The average Bonchev–Trinajstić information content (AvgIpc) is 2.13. The molecule has 56 valence electrons. The molecule has 10 heavy (non-hydrogen) atoms. The van der Waals surface area contributed by atoms with Crippen molar-refractivity contribution in [1.29, 1.82) is 0 Å². The van der Waals surface area contributed by atoms with Gasteiger partial charge in [-0.1, -0.05) is 0 Å². The van der Waals surface area contributed by atoms with Gasteiger partial charge < -0.3 is 0 Å². The molecule has 0 saturated carbocycles. The van der Waals surface area contributed by atoms with Crippen LogP contribution in [0.25, 0.3) is 0 Å². The predicted molar refractivity (Wildman–Crippen MR) is 32.7 cm³/mol. The van der Waals surface area contributed by atoms with Gasteiger partial charge in [0.05, 0.1) is 5.69 Å². The first-order valence-corrected chi connectivity index (χ1v) is 2.95. The van der Waals surface area contributed by atoms with Crippen molar-refractivity contribution >= 4 is 0 Å². The summed E-state index contributed by atoms with van der Waals surface area (Å²) in [5.74, 6) is -0.514. The van der Waals surface area contributed by atoms with Crippen molar-refractivity contribution in [2.24, 2.45) is 7.05 Å². The molecule has 0 amide bonds. The summed E-state index contributed by atoms with van der Waals surface area (Å²) in [7, 11) is 1.43. The zero-order valence-corrected chi connectivity index (χ0v) is 5.81. The highest BCUT2D eigenvalue weighted by Crippen LogP contribution is 2.14. The molecule has 4 heteroatoms. The van der Waals surface area contributed by atoms with Crippen LogP contribution in [0.1, 0.15) is 18.8 Å². The molecule has 1 aromatic rings. The minimum Gasteiger partial charge on any atom is -0.242 e. The molecule has 0 bridgehead atoms. The number of aromatic nitrogens is 2. The summed E-state index contributed by atoms with van der Waals surface area (Å²) in [5.41, 5.74) is 0.139. The molecule has 1 atom stereocenters. The highest BCUT2D eigenvalue weighted by molar-refractivity contribution is 5.03. The molecule has 1 unspecified atom stereocenters. The molecule has 0 saturated heterocycles. The van der Waals surface area contributed by atoms with Crippen LogP contribution < -0.4 is 0 Å². The number of rotatable bonds is 1. The van der Waals surface area contributed by atoms with E-state index in [9.17, 15) is 8.78 Å². The molecular formula is C6H8F2N2. The molecule has 1 rings (SSSR count). The third kappa shape index (κ3) is 1.15. The van der Waals surface area contributed by atoms with E-state index in [1.165, 1.54) is 14.0 Å². The van der Waals surface area contributed by atoms with Crippen LogP contribution in [0.4, 0.5) is 8.78 Å². The van der Waals surface area contributed by atoms with E-state index in [4.69, 9.17) is 0 Å². The van der Waals surface area contributed by atoms with Crippen molar-refractivity contribution < 1.29 is 8.78 Å². The van der Waals surface area contributed by atoms with E-state index in [-0.39, 0.29) is 5.69 Å². The monoisotopic (exact) mass is 146 g/mol. The predicted octanol–water partition coefficient (Wildman–Crippen LogP) is 1.59. The fourth-order valence-corrected chi connectivity index (χ4v) is 0.660. The van der Waals surface area contributed by atoms with Gasteiger partial charge >= 0.3 is 0 Å². The van der Waals surface area contributed by atoms with E-state index in [1.807, 2.05) is 0 Å². The Bertz CT molecular complexity index is 210. The van der Waals surface area contributed by atoms with E-state index in [1.54, 1.807) is 0 Å². The normalized spacial score (nSPS) is 13.6. The lowest BCUT2D eigenvalue weighted by Crippen LogP contribution is -1.94.